The van der Waals surface area contributed by atoms with Gasteiger partial charge in [0.25, 0.3) is 5.91 Å². The van der Waals surface area contributed by atoms with Crippen LogP contribution in [0.5, 0.6) is 5.75 Å². The molecule has 0 radical (unpaired) electrons. The summed E-state index contributed by atoms with van der Waals surface area (Å²) in [6, 6.07) is 5.10. The molecule has 0 bridgehead atoms. The van der Waals surface area contributed by atoms with E-state index in [9.17, 15) is 4.79 Å². The van der Waals surface area contributed by atoms with Crippen LogP contribution in [-0.2, 0) is 0 Å². The number of nitrogens with zero attached hydrogens (tertiary/aromatic N) is 1. The van der Waals surface area contributed by atoms with E-state index in [1.165, 1.54) is 12.8 Å². The first-order chi connectivity index (χ1) is 10.1. The van der Waals surface area contributed by atoms with E-state index in [1.54, 1.807) is 25.3 Å². The third-order valence-electron chi connectivity index (χ3n) is 4.15. The highest BCUT2D eigenvalue weighted by Crippen LogP contribution is 2.22. The average molecular weight is 291 g/mol. The third-order valence-corrected chi connectivity index (χ3v) is 4.15. The highest BCUT2D eigenvalue weighted by atomic mass is 16.5. The molecule has 0 atom stereocenters. The third kappa shape index (κ3) is 4.36. The van der Waals surface area contributed by atoms with Crippen LogP contribution >= 0.6 is 0 Å². The minimum absolute atomic E-state index is 0.0974. The van der Waals surface area contributed by atoms with Gasteiger partial charge >= 0.3 is 0 Å². The standard InChI is InChI=1S/C16H25N3O2/c1-19-9-6-12(7-10-19)5-8-18-16(20)14-4-3-13(17)11-15(14)21-2/h3-4,11-12H,5-10,17H2,1-2H3,(H,18,20). The SMILES string of the molecule is COc1cc(N)ccc1C(=O)NCCC1CCN(C)CC1. The summed E-state index contributed by atoms with van der Waals surface area (Å²) in [5, 5.41) is 2.98. The fraction of sp³-hybridized carbons (Fsp3) is 0.562. The van der Waals surface area contributed by atoms with E-state index >= 15 is 0 Å². The molecule has 0 aliphatic carbocycles. The fourth-order valence-corrected chi connectivity index (χ4v) is 2.73. The van der Waals surface area contributed by atoms with Gasteiger partial charge in [0, 0.05) is 18.3 Å². The van der Waals surface area contributed by atoms with Gasteiger partial charge in [-0.05, 0) is 57.5 Å². The molecule has 1 fully saturated rings. The number of benzene rings is 1. The molecule has 116 valence electrons. The molecule has 1 aromatic rings. The van der Waals surface area contributed by atoms with Gasteiger partial charge in [-0.25, -0.2) is 0 Å². The molecule has 1 aliphatic heterocycles. The van der Waals surface area contributed by atoms with Crippen LogP contribution in [0.25, 0.3) is 0 Å². The zero-order valence-electron chi connectivity index (χ0n) is 12.9. The Morgan fingerprint density at radius 3 is 2.81 bits per heavy atom. The quantitative estimate of drug-likeness (QED) is 0.811. The Labute approximate surface area is 126 Å². The zero-order chi connectivity index (χ0) is 15.2. The topological polar surface area (TPSA) is 67.6 Å². The molecule has 1 aromatic carbocycles. The van der Waals surface area contributed by atoms with Gasteiger partial charge in [0.15, 0.2) is 0 Å². The molecule has 2 rings (SSSR count). The van der Waals surface area contributed by atoms with Gasteiger partial charge in [-0.3, -0.25) is 4.79 Å². The predicted octanol–water partition coefficient (Wildman–Crippen LogP) is 1.74. The Morgan fingerprint density at radius 1 is 1.43 bits per heavy atom. The highest BCUT2D eigenvalue weighted by Gasteiger charge is 2.17. The average Bonchev–Trinajstić information content (AvgIpc) is 2.49. The van der Waals surface area contributed by atoms with Crippen molar-refractivity contribution in [1.29, 1.82) is 0 Å². The van der Waals surface area contributed by atoms with Crippen LogP contribution < -0.4 is 15.8 Å². The molecule has 5 nitrogen and oxygen atoms in total. The van der Waals surface area contributed by atoms with Gasteiger partial charge in [-0.1, -0.05) is 0 Å². The van der Waals surface area contributed by atoms with Crippen LogP contribution in [0.4, 0.5) is 5.69 Å². The summed E-state index contributed by atoms with van der Waals surface area (Å²) in [6.45, 7) is 3.02. The van der Waals surface area contributed by atoms with Crippen LogP contribution in [0.2, 0.25) is 0 Å². The van der Waals surface area contributed by atoms with Crippen molar-refractivity contribution < 1.29 is 9.53 Å². The molecular formula is C16H25N3O2. The molecule has 1 aliphatic rings. The summed E-state index contributed by atoms with van der Waals surface area (Å²) in [5.74, 6) is 1.14. The number of nitrogens with one attached hydrogen (secondary N) is 1. The van der Waals surface area contributed by atoms with Crippen LogP contribution in [0.3, 0.4) is 0 Å². The number of carbonyl (C=O) groups excluding carboxylic acids is 1. The largest absolute Gasteiger partial charge is 0.496 e. The van der Waals surface area contributed by atoms with Crippen LogP contribution in [0.15, 0.2) is 18.2 Å². The lowest BCUT2D eigenvalue weighted by Gasteiger charge is -2.28. The molecule has 0 unspecified atom stereocenters. The summed E-state index contributed by atoms with van der Waals surface area (Å²) >= 11 is 0. The first-order valence-corrected chi connectivity index (χ1v) is 7.50. The van der Waals surface area contributed by atoms with E-state index in [0.29, 0.717) is 23.5 Å². The Bertz CT molecular complexity index is 482. The Balaban J connectivity index is 1.82. The van der Waals surface area contributed by atoms with Crippen LogP contribution in [0, 0.1) is 5.92 Å². The zero-order valence-corrected chi connectivity index (χ0v) is 12.9. The van der Waals surface area contributed by atoms with Gasteiger partial charge in [0.2, 0.25) is 0 Å². The smallest absolute Gasteiger partial charge is 0.255 e. The van der Waals surface area contributed by atoms with Gasteiger partial charge in [-0.15, -0.1) is 0 Å². The number of carbonyl (C=O) groups is 1. The molecule has 1 saturated heterocycles. The maximum absolute atomic E-state index is 12.2. The number of amides is 1. The number of nitrogen functional groups attached to an aromatic ring is 1. The number of ether oxygens (including phenoxy) is 1. The number of methoxy groups -OCH3 is 1. The van der Waals surface area contributed by atoms with Gasteiger partial charge in [0.1, 0.15) is 5.75 Å². The number of likely N-dealkylation sites (tertiary alicyclic amines) is 1. The van der Waals surface area contributed by atoms with E-state index in [-0.39, 0.29) is 5.91 Å². The van der Waals surface area contributed by atoms with Gasteiger partial charge in [0.05, 0.1) is 12.7 Å². The van der Waals surface area contributed by atoms with Crippen molar-refractivity contribution in [2.45, 2.75) is 19.3 Å². The molecule has 0 spiro atoms. The maximum Gasteiger partial charge on any atom is 0.255 e. The predicted molar refractivity (Wildman–Crippen MR) is 84.6 cm³/mol. The molecule has 0 saturated carbocycles. The summed E-state index contributed by atoms with van der Waals surface area (Å²) in [6.07, 6.45) is 3.48. The Morgan fingerprint density at radius 2 is 2.14 bits per heavy atom. The summed E-state index contributed by atoms with van der Waals surface area (Å²) in [5.41, 5.74) is 6.83. The summed E-state index contributed by atoms with van der Waals surface area (Å²) < 4.78 is 5.21. The minimum atomic E-state index is -0.0974. The number of piperidine rings is 1. The van der Waals surface area contributed by atoms with Crippen LogP contribution in [-0.4, -0.2) is 44.6 Å². The van der Waals surface area contributed by atoms with Gasteiger partial charge in [-0.2, -0.15) is 0 Å². The monoisotopic (exact) mass is 291 g/mol. The maximum atomic E-state index is 12.2. The van der Waals surface area contributed by atoms with Crippen molar-refractivity contribution in [3.63, 3.8) is 0 Å². The van der Waals surface area contributed by atoms with E-state index < -0.39 is 0 Å². The van der Waals surface area contributed by atoms with E-state index in [0.717, 1.165) is 25.4 Å². The van der Waals surface area contributed by atoms with E-state index in [2.05, 4.69) is 17.3 Å². The van der Waals surface area contributed by atoms with E-state index in [1.807, 2.05) is 0 Å². The number of hydrogen-bond donors (Lipinski definition) is 2. The molecule has 1 amide bonds. The van der Waals surface area contributed by atoms with Crippen molar-refractivity contribution in [3.05, 3.63) is 23.8 Å². The van der Waals surface area contributed by atoms with Crippen molar-refractivity contribution in [1.82, 2.24) is 10.2 Å². The second-order valence-corrected chi connectivity index (χ2v) is 5.75. The Hall–Kier alpha value is -1.75. The number of nitrogens with two attached hydrogens (primary N) is 1. The second kappa shape index (κ2) is 7.31. The van der Waals surface area contributed by atoms with Gasteiger partial charge < -0.3 is 20.7 Å². The molecule has 21 heavy (non-hydrogen) atoms. The molecule has 3 N–H and O–H groups in total. The molecule has 1 heterocycles. The summed E-state index contributed by atoms with van der Waals surface area (Å²) in [7, 11) is 3.70. The lowest BCUT2D eigenvalue weighted by atomic mass is 9.94. The fourth-order valence-electron chi connectivity index (χ4n) is 2.73. The number of rotatable bonds is 5. The van der Waals surface area contributed by atoms with Crippen LogP contribution in [0.1, 0.15) is 29.6 Å². The number of hydrogen-bond acceptors (Lipinski definition) is 4. The Kier molecular flexibility index (Phi) is 5.44. The van der Waals surface area contributed by atoms with Crippen molar-refractivity contribution in [2.24, 2.45) is 5.92 Å². The minimum Gasteiger partial charge on any atom is -0.496 e. The second-order valence-electron chi connectivity index (χ2n) is 5.75. The van der Waals surface area contributed by atoms with Crippen molar-refractivity contribution in [2.75, 3.05) is 39.5 Å². The molecule has 5 heteroatoms. The lowest BCUT2D eigenvalue weighted by molar-refractivity contribution is 0.0946. The van der Waals surface area contributed by atoms with Crippen molar-refractivity contribution >= 4 is 11.6 Å². The highest BCUT2D eigenvalue weighted by molar-refractivity contribution is 5.97. The lowest BCUT2D eigenvalue weighted by Crippen LogP contribution is -2.32. The normalized spacial score (nSPS) is 16.7. The first kappa shape index (κ1) is 15.6. The number of anilines is 1. The first-order valence-electron chi connectivity index (χ1n) is 7.50. The molecular weight excluding hydrogens is 266 g/mol. The van der Waals surface area contributed by atoms with Crippen molar-refractivity contribution in [3.8, 4) is 5.75 Å². The van der Waals surface area contributed by atoms with E-state index in [4.69, 9.17) is 10.5 Å². The molecule has 0 aromatic heterocycles. The summed E-state index contributed by atoms with van der Waals surface area (Å²) in [4.78, 5) is 14.5.